The number of nitrogens with two attached hydrogens (primary N) is 3. The molecule has 0 amide bonds. The van der Waals surface area contributed by atoms with Gasteiger partial charge in [0.2, 0.25) is 0 Å². The zero-order valence-corrected chi connectivity index (χ0v) is 7.69. The second kappa shape index (κ2) is 7.15. The summed E-state index contributed by atoms with van der Waals surface area (Å²) < 4.78 is 4.96. The minimum Gasteiger partial charge on any atom is -0.384 e. The molecule has 0 aromatic heterocycles. The third-order valence-corrected chi connectivity index (χ3v) is 1.62. The average Bonchev–Trinajstić information content (AvgIpc) is 2.06. The van der Waals surface area contributed by atoms with E-state index in [1.807, 2.05) is 0 Å². The Morgan fingerprint density at radius 3 is 1.46 bits per heavy atom. The molecule has 0 atom stereocenters. The van der Waals surface area contributed by atoms with E-state index >= 15 is 0 Å². The average molecular weight is 195 g/mol. The number of hydrogen-bond donors (Lipinski definition) is 3. The second-order valence-electron chi connectivity index (χ2n) is 2.87. The van der Waals surface area contributed by atoms with Crippen molar-refractivity contribution >= 4 is 0 Å². The Kier molecular flexibility index (Phi) is 7.00. The van der Waals surface area contributed by atoms with Crippen LogP contribution < -0.4 is 17.7 Å². The van der Waals surface area contributed by atoms with Crippen LogP contribution in [-0.2, 0) is 19.2 Å². The topological polar surface area (TPSA) is 115 Å². The molecule has 0 heterocycles. The van der Waals surface area contributed by atoms with E-state index in [4.69, 9.17) is 22.4 Å². The maximum atomic E-state index is 4.96. The molecule has 0 spiro atoms. The van der Waals surface area contributed by atoms with Gasteiger partial charge in [-0.3, -0.25) is 0 Å². The number of methoxy groups -OCH3 is 1. The zero-order chi connectivity index (χ0) is 10.2. The Hall–Kier alpha value is -0.280. The maximum Gasteiger partial charge on any atom is 0.0803 e. The van der Waals surface area contributed by atoms with E-state index in [0.29, 0.717) is 6.61 Å². The fourth-order valence-electron chi connectivity index (χ4n) is 1.09. The first-order valence-corrected chi connectivity index (χ1v) is 3.68. The monoisotopic (exact) mass is 195 g/mol. The molecule has 0 rings (SSSR count). The van der Waals surface area contributed by atoms with Gasteiger partial charge in [-0.05, 0) is 0 Å². The summed E-state index contributed by atoms with van der Waals surface area (Å²) in [5, 5.41) is 0. The molecule has 80 valence electrons. The molecule has 0 unspecified atom stereocenters. The van der Waals surface area contributed by atoms with Crippen molar-refractivity contribution in [3.05, 3.63) is 0 Å². The Balaban J connectivity index is 4.19. The van der Waals surface area contributed by atoms with Gasteiger partial charge in [0, 0.05) is 7.11 Å². The first-order chi connectivity index (χ1) is 6.24. The third kappa shape index (κ3) is 4.48. The van der Waals surface area contributed by atoms with Crippen molar-refractivity contribution in [2.45, 2.75) is 0 Å². The fourth-order valence-corrected chi connectivity index (χ4v) is 1.09. The van der Waals surface area contributed by atoms with Crippen molar-refractivity contribution in [2.24, 2.45) is 23.1 Å². The normalized spacial score (nSPS) is 12.0. The van der Waals surface area contributed by atoms with E-state index in [9.17, 15) is 0 Å². The highest BCUT2D eigenvalue weighted by Crippen LogP contribution is 2.17. The van der Waals surface area contributed by atoms with Gasteiger partial charge in [0.25, 0.3) is 0 Å². The minimum absolute atomic E-state index is 0.190. The molecule has 0 aromatic carbocycles. The lowest BCUT2D eigenvalue weighted by Gasteiger charge is -2.29. The number of ether oxygens (including phenoxy) is 1. The molecule has 0 saturated heterocycles. The molecule has 7 nitrogen and oxygen atoms in total. The van der Waals surface area contributed by atoms with Gasteiger partial charge in [0.15, 0.2) is 0 Å². The lowest BCUT2D eigenvalue weighted by atomic mass is 9.92. The molecular weight excluding hydrogens is 178 g/mol. The number of hydrogen-bond acceptors (Lipinski definition) is 7. The molecule has 0 bridgehead atoms. The van der Waals surface area contributed by atoms with Gasteiger partial charge >= 0.3 is 0 Å². The summed E-state index contributed by atoms with van der Waals surface area (Å²) in [6.45, 7) is 0.901. The summed E-state index contributed by atoms with van der Waals surface area (Å²) in [5.74, 6) is 14.9. The first-order valence-electron chi connectivity index (χ1n) is 3.68. The molecule has 0 aromatic rings. The van der Waals surface area contributed by atoms with Crippen LogP contribution in [0.2, 0.25) is 0 Å². The van der Waals surface area contributed by atoms with Gasteiger partial charge in [-0.25, -0.2) is 17.7 Å². The SMILES string of the molecule is COCC(CON)(CON)CON. The third-order valence-electron chi connectivity index (χ3n) is 1.62. The van der Waals surface area contributed by atoms with Crippen molar-refractivity contribution in [1.29, 1.82) is 0 Å². The van der Waals surface area contributed by atoms with Crippen molar-refractivity contribution in [3.63, 3.8) is 0 Å². The van der Waals surface area contributed by atoms with Crippen LogP contribution >= 0.6 is 0 Å². The smallest absolute Gasteiger partial charge is 0.0803 e. The Morgan fingerprint density at radius 2 is 1.23 bits per heavy atom. The highest BCUT2D eigenvalue weighted by molar-refractivity contribution is 4.77. The van der Waals surface area contributed by atoms with Crippen molar-refractivity contribution in [1.82, 2.24) is 0 Å². The molecule has 6 N–H and O–H groups in total. The second-order valence-corrected chi connectivity index (χ2v) is 2.87. The van der Waals surface area contributed by atoms with Gasteiger partial charge < -0.3 is 19.2 Å². The molecule has 13 heavy (non-hydrogen) atoms. The van der Waals surface area contributed by atoms with Gasteiger partial charge in [-0.1, -0.05) is 0 Å². The maximum absolute atomic E-state index is 4.96. The van der Waals surface area contributed by atoms with Gasteiger partial charge in [-0.2, -0.15) is 0 Å². The fraction of sp³-hybridized carbons (Fsp3) is 1.00. The Bertz CT molecular complexity index is 94.9. The predicted molar refractivity (Wildman–Crippen MR) is 44.7 cm³/mol. The van der Waals surface area contributed by atoms with Crippen LogP contribution in [-0.4, -0.2) is 33.5 Å². The molecule has 0 radical (unpaired) electrons. The summed E-state index contributed by atoms with van der Waals surface area (Å²) >= 11 is 0. The Labute approximate surface area is 76.9 Å². The molecule has 0 aliphatic carbocycles. The van der Waals surface area contributed by atoms with Crippen molar-refractivity contribution in [2.75, 3.05) is 33.5 Å². The Morgan fingerprint density at radius 1 is 0.846 bits per heavy atom. The number of rotatable bonds is 8. The summed E-state index contributed by atoms with van der Waals surface area (Å²) in [5.41, 5.74) is -0.562. The van der Waals surface area contributed by atoms with Crippen LogP contribution in [0.25, 0.3) is 0 Å². The van der Waals surface area contributed by atoms with Gasteiger partial charge in [-0.15, -0.1) is 0 Å². The molecule has 0 saturated carbocycles. The summed E-state index contributed by atoms with van der Waals surface area (Å²) in [7, 11) is 1.54. The zero-order valence-electron chi connectivity index (χ0n) is 7.69. The molecule has 0 aliphatic heterocycles. The summed E-state index contributed by atoms with van der Waals surface area (Å²) in [4.78, 5) is 13.5. The quantitative estimate of drug-likeness (QED) is 0.395. The lowest BCUT2D eigenvalue weighted by molar-refractivity contribution is -0.102. The van der Waals surface area contributed by atoms with Gasteiger partial charge in [0.1, 0.15) is 0 Å². The van der Waals surface area contributed by atoms with Crippen LogP contribution in [0.4, 0.5) is 0 Å². The van der Waals surface area contributed by atoms with E-state index in [2.05, 4.69) is 14.5 Å². The van der Waals surface area contributed by atoms with E-state index in [1.54, 1.807) is 0 Å². The first kappa shape index (κ1) is 12.7. The molecule has 0 aliphatic rings. The molecule has 7 heteroatoms. The molecule has 0 fully saturated rings. The van der Waals surface area contributed by atoms with Gasteiger partial charge in [0.05, 0.1) is 31.8 Å². The van der Waals surface area contributed by atoms with E-state index < -0.39 is 5.41 Å². The summed E-state index contributed by atoms with van der Waals surface area (Å²) in [6, 6.07) is 0. The minimum atomic E-state index is -0.562. The van der Waals surface area contributed by atoms with Crippen LogP contribution in [0, 0.1) is 5.41 Å². The standard InChI is InChI=1S/C6H17N3O4/c1-10-2-6(3-11-7,4-12-8)5-13-9/h2-5,7-9H2,1H3. The van der Waals surface area contributed by atoms with Crippen LogP contribution in [0.3, 0.4) is 0 Å². The van der Waals surface area contributed by atoms with E-state index in [1.165, 1.54) is 7.11 Å². The largest absolute Gasteiger partial charge is 0.384 e. The van der Waals surface area contributed by atoms with Crippen molar-refractivity contribution in [3.8, 4) is 0 Å². The lowest BCUT2D eigenvalue weighted by Crippen LogP contribution is -2.43. The highest BCUT2D eigenvalue weighted by atomic mass is 16.6. The molecular formula is C6H17N3O4. The van der Waals surface area contributed by atoms with E-state index in [-0.39, 0.29) is 19.8 Å². The van der Waals surface area contributed by atoms with Crippen LogP contribution in [0.1, 0.15) is 0 Å². The van der Waals surface area contributed by atoms with Crippen LogP contribution in [0.15, 0.2) is 0 Å². The predicted octanol–water partition coefficient (Wildman–Crippen LogP) is -1.71. The van der Waals surface area contributed by atoms with Crippen molar-refractivity contribution < 1.29 is 19.2 Å². The highest BCUT2D eigenvalue weighted by Gasteiger charge is 2.32. The van der Waals surface area contributed by atoms with E-state index in [0.717, 1.165) is 0 Å². The summed E-state index contributed by atoms with van der Waals surface area (Å²) in [6.07, 6.45) is 0. The van der Waals surface area contributed by atoms with Crippen LogP contribution in [0.5, 0.6) is 0 Å².